The molecular formula is C15H18. The largest absolute Gasteiger partial charge is 0.0848 e. The van der Waals surface area contributed by atoms with Crippen molar-refractivity contribution < 1.29 is 0 Å². The summed E-state index contributed by atoms with van der Waals surface area (Å²) < 4.78 is 0. The number of rotatable bonds is 0. The zero-order valence-electron chi connectivity index (χ0n) is 9.10. The first-order chi connectivity index (χ1) is 7.42. The van der Waals surface area contributed by atoms with Crippen molar-refractivity contribution in [3.05, 3.63) is 23.8 Å². The highest BCUT2D eigenvalue weighted by atomic mass is 14.6. The van der Waals surface area contributed by atoms with Gasteiger partial charge in [-0.2, -0.15) is 0 Å². The zero-order valence-corrected chi connectivity index (χ0v) is 9.10. The van der Waals surface area contributed by atoms with Crippen molar-refractivity contribution in [1.82, 2.24) is 0 Å². The third-order valence-corrected chi connectivity index (χ3v) is 6.32. The van der Waals surface area contributed by atoms with E-state index in [1.807, 2.05) is 5.57 Å². The Kier molecular flexibility index (Phi) is 1.16. The predicted molar refractivity (Wildman–Crippen MR) is 60.1 cm³/mol. The van der Waals surface area contributed by atoms with E-state index in [9.17, 15) is 0 Å². The molecule has 0 nitrogen and oxygen atoms in total. The normalized spacial score (nSPS) is 62.4. The van der Waals surface area contributed by atoms with Crippen LogP contribution in [0.5, 0.6) is 0 Å². The van der Waals surface area contributed by atoms with Crippen LogP contribution in [0.3, 0.4) is 0 Å². The topological polar surface area (TPSA) is 0 Å². The van der Waals surface area contributed by atoms with Crippen LogP contribution in [-0.2, 0) is 0 Å². The summed E-state index contributed by atoms with van der Waals surface area (Å²) in [7, 11) is 0. The number of allylic oxidation sites excluding steroid dienone is 4. The van der Waals surface area contributed by atoms with Crippen molar-refractivity contribution in [2.75, 3.05) is 0 Å². The van der Waals surface area contributed by atoms with E-state index in [4.69, 9.17) is 0 Å². The molecule has 3 fully saturated rings. The second-order valence-corrected chi connectivity index (χ2v) is 6.59. The summed E-state index contributed by atoms with van der Waals surface area (Å²) in [5.41, 5.74) is 1.89. The van der Waals surface area contributed by atoms with Gasteiger partial charge in [0, 0.05) is 0 Å². The molecule has 15 heavy (non-hydrogen) atoms. The van der Waals surface area contributed by atoms with Gasteiger partial charge in [-0.3, -0.25) is 0 Å². The lowest BCUT2D eigenvalue weighted by Crippen LogP contribution is -2.21. The quantitative estimate of drug-likeness (QED) is 0.523. The SMILES string of the molecule is C1=CC2CC1C1CC3C4CC=C(C4)C3C21. The molecule has 0 aromatic carbocycles. The number of hydrogen-bond acceptors (Lipinski definition) is 0. The third kappa shape index (κ3) is 0.726. The molecular weight excluding hydrogens is 180 g/mol. The molecule has 7 atom stereocenters. The Balaban J connectivity index is 1.63. The van der Waals surface area contributed by atoms with Gasteiger partial charge < -0.3 is 0 Å². The van der Waals surface area contributed by atoms with E-state index in [0.717, 1.165) is 41.4 Å². The van der Waals surface area contributed by atoms with Gasteiger partial charge in [0.2, 0.25) is 0 Å². The molecule has 0 heteroatoms. The van der Waals surface area contributed by atoms with Gasteiger partial charge in [-0.05, 0) is 67.1 Å². The highest BCUT2D eigenvalue weighted by Gasteiger charge is 2.60. The Morgan fingerprint density at radius 3 is 2.93 bits per heavy atom. The molecule has 0 aromatic rings. The lowest BCUT2D eigenvalue weighted by molar-refractivity contribution is 0.289. The van der Waals surface area contributed by atoms with Gasteiger partial charge in [-0.25, -0.2) is 0 Å². The molecule has 5 aliphatic rings. The maximum atomic E-state index is 2.60. The second kappa shape index (κ2) is 2.26. The van der Waals surface area contributed by atoms with E-state index < -0.39 is 0 Å². The van der Waals surface area contributed by atoms with E-state index in [2.05, 4.69) is 18.2 Å². The first kappa shape index (κ1) is 7.70. The van der Waals surface area contributed by atoms with E-state index in [0.29, 0.717) is 0 Å². The fraction of sp³-hybridized carbons (Fsp3) is 0.733. The highest BCUT2D eigenvalue weighted by molar-refractivity contribution is 5.31. The van der Waals surface area contributed by atoms with Gasteiger partial charge >= 0.3 is 0 Å². The standard InChI is InChI=1S/C15H18/c1-3-10-5-8(1)12-7-13-9-2-4-11(6-9)15(13)14(10)12/h1,3-4,8-10,12-15H,2,5-7H2. The first-order valence-electron chi connectivity index (χ1n) is 6.79. The summed E-state index contributed by atoms with van der Waals surface area (Å²) in [4.78, 5) is 0. The molecule has 0 aromatic heterocycles. The first-order valence-corrected chi connectivity index (χ1v) is 6.79. The second-order valence-electron chi connectivity index (χ2n) is 6.59. The molecule has 7 unspecified atom stereocenters. The van der Waals surface area contributed by atoms with Gasteiger partial charge in [-0.1, -0.05) is 23.8 Å². The molecule has 0 heterocycles. The maximum Gasteiger partial charge on any atom is -0.0135 e. The van der Waals surface area contributed by atoms with Crippen molar-refractivity contribution in [2.24, 2.45) is 41.4 Å². The van der Waals surface area contributed by atoms with Gasteiger partial charge in [0.1, 0.15) is 0 Å². The summed E-state index contributed by atoms with van der Waals surface area (Å²) in [6.45, 7) is 0. The lowest BCUT2D eigenvalue weighted by Gasteiger charge is -2.27. The number of hydrogen-bond donors (Lipinski definition) is 0. The van der Waals surface area contributed by atoms with Crippen LogP contribution >= 0.6 is 0 Å². The molecule has 4 bridgehead atoms. The van der Waals surface area contributed by atoms with Crippen LogP contribution in [0.1, 0.15) is 25.7 Å². The van der Waals surface area contributed by atoms with Gasteiger partial charge in [0.25, 0.3) is 0 Å². The van der Waals surface area contributed by atoms with Crippen LogP contribution in [0.15, 0.2) is 23.8 Å². The smallest absolute Gasteiger partial charge is 0.0135 e. The van der Waals surface area contributed by atoms with E-state index in [1.165, 1.54) is 19.3 Å². The molecule has 0 N–H and O–H groups in total. The summed E-state index contributed by atoms with van der Waals surface area (Å²) in [5.74, 6) is 7.40. The summed E-state index contributed by atoms with van der Waals surface area (Å²) in [6.07, 6.45) is 13.7. The van der Waals surface area contributed by atoms with Crippen LogP contribution in [0, 0.1) is 41.4 Å². The monoisotopic (exact) mass is 198 g/mol. The molecule has 5 rings (SSSR count). The Bertz CT molecular complexity index is 389. The zero-order chi connectivity index (χ0) is 9.57. The molecule has 0 amide bonds. The molecule has 0 saturated heterocycles. The summed E-state index contributed by atoms with van der Waals surface area (Å²) >= 11 is 0. The van der Waals surface area contributed by atoms with Crippen LogP contribution in [0.2, 0.25) is 0 Å². The van der Waals surface area contributed by atoms with E-state index >= 15 is 0 Å². The minimum atomic E-state index is 0.982. The third-order valence-electron chi connectivity index (χ3n) is 6.32. The Labute approximate surface area is 91.4 Å². The fourth-order valence-corrected chi connectivity index (χ4v) is 5.95. The fourth-order valence-electron chi connectivity index (χ4n) is 5.95. The molecule has 78 valence electrons. The minimum Gasteiger partial charge on any atom is -0.0848 e. The average Bonchev–Trinajstić information content (AvgIpc) is 3.02. The van der Waals surface area contributed by atoms with Gasteiger partial charge in [-0.15, -0.1) is 0 Å². The minimum absolute atomic E-state index is 0.982. The maximum absolute atomic E-state index is 2.60. The van der Waals surface area contributed by atoms with E-state index in [1.54, 1.807) is 6.42 Å². The molecule has 5 aliphatic carbocycles. The van der Waals surface area contributed by atoms with Crippen molar-refractivity contribution in [2.45, 2.75) is 25.7 Å². The summed E-state index contributed by atoms with van der Waals surface area (Å²) in [5, 5.41) is 0. The van der Waals surface area contributed by atoms with Crippen LogP contribution in [-0.4, -0.2) is 0 Å². The van der Waals surface area contributed by atoms with Crippen molar-refractivity contribution in [3.63, 3.8) is 0 Å². The van der Waals surface area contributed by atoms with Crippen LogP contribution < -0.4 is 0 Å². The predicted octanol–water partition coefficient (Wildman–Crippen LogP) is 3.41. The molecule has 0 radical (unpaired) electrons. The highest BCUT2D eigenvalue weighted by Crippen LogP contribution is 2.67. The van der Waals surface area contributed by atoms with E-state index in [-0.39, 0.29) is 0 Å². The van der Waals surface area contributed by atoms with Crippen molar-refractivity contribution in [1.29, 1.82) is 0 Å². The van der Waals surface area contributed by atoms with Crippen LogP contribution in [0.4, 0.5) is 0 Å². The summed E-state index contributed by atoms with van der Waals surface area (Å²) in [6, 6.07) is 0. The molecule has 3 saturated carbocycles. The Morgan fingerprint density at radius 1 is 1.00 bits per heavy atom. The Morgan fingerprint density at radius 2 is 1.93 bits per heavy atom. The lowest BCUT2D eigenvalue weighted by atomic mass is 9.77. The average molecular weight is 198 g/mol. The Hall–Kier alpha value is -0.520. The van der Waals surface area contributed by atoms with Gasteiger partial charge in [0.15, 0.2) is 0 Å². The van der Waals surface area contributed by atoms with Crippen molar-refractivity contribution >= 4 is 0 Å². The van der Waals surface area contributed by atoms with Gasteiger partial charge in [0.05, 0.1) is 0 Å². The van der Waals surface area contributed by atoms with Crippen molar-refractivity contribution in [3.8, 4) is 0 Å². The van der Waals surface area contributed by atoms with Crippen LogP contribution in [0.25, 0.3) is 0 Å². The molecule has 0 spiro atoms. The molecule has 0 aliphatic heterocycles. The number of fused-ring (bicyclic) bond motifs is 11.